The first kappa shape index (κ1) is 15.3. The number of nitrogens with one attached hydrogen (secondary N) is 1. The zero-order chi connectivity index (χ0) is 16.1. The highest BCUT2D eigenvalue weighted by molar-refractivity contribution is 5.45. The van der Waals surface area contributed by atoms with Crippen molar-refractivity contribution in [3.05, 3.63) is 29.8 Å². The Hall–Kier alpha value is -1.19. The molecule has 1 aromatic rings. The summed E-state index contributed by atoms with van der Waals surface area (Å²) >= 11 is 0. The molecule has 1 nitrogen and oxygen atoms in total. The highest BCUT2D eigenvalue weighted by Crippen LogP contribution is 2.61. The Morgan fingerprint density at radius 1 is 0.913 bits per heavy atom. The first-order chi connectivity index (χ1) is 10.9. The van der Waals surface area contributed by atoms with Crippen LogP contribution in [-0.4, -0.2) is 6.54 Å². The van der Waals surface area contributed by atoms with E-state index in [0.29, 0.717) is 5.41 Å². The summed E-state index contributed by atoms with van der Waals surface area (Å²) in [6, 6.07) is 5.41. The minimum absolute atomic E-state index is 0.521. The predicted molar refractivity (Wildman–Crippen MR) is 85.2 cm³/mol. The minimum Gasteiger partial charge on any atom is -0.385 e. The van der Waals surface area contributed by atoms with Crippen LogP contribution in [0.5, 0.6) is 0 Å². The van der Waals surface area contributed by atoms with Gasteiger partial charge in [-0.3, -0.25) is 0 Å². The Morgan fingerprint density at radius 2 is 1.43 bits per heavy atom. The van der Waals surface area contributed by atoms with Crippen molar-refractivity contribution in [1.82, 2.24) is 0 Å². The molecule has 4 aliphatic carbocycles. The molecule has 4 bridgehead atoms. The van der Waals surface area contributed by atoms with E-state index in [2.05, 4.69) is 5.32 Å². The van der Waals surface area contributed by atoms with Crippen molar-refractivity contribution in [2.24, 2.45) is 23.2 Å². The fourth-order valence-electron chi connectivity index (χ4n) is 5.85. The van der Waals surface area contributed by atoms with Crippen molar-refractivity contribution in [1.29, 1.82) is 0 Å². The molecular formula is C19H24F3N. The van der Waals surface area contributed by atoms with Gasteiger partial charge in [-0.25, -0.2) is 0 Å². The Balaban J connectivity index is 1.34. The molecule has 4 aliphatic rings. The van der Waals surface area contributed by atoms with Gasteiger partial charge in [0.1, 0.15) is 0 Å². The van der Waals surface area contributed by atoms with Gasteiger partial charge in [-0.05, 0) is 92.4 Å². The molecule has 126 valence electrons. The molecule has 0 saturated heterocycles. The molecule has 5 rings (SSSR count). The number of alkyl halides is 3. The summed E-state index contributed by atoms with van der Waals surface area (Å²) in [6.45, 7) is 0.873. The summed E-state index contributed by atoms with van der Waals surface area (Å²) in [5.41, 5.74) is 0.736. The molecule has 0 unspecified atom stereocenters. The number of anilines is 1. The van der Waals surface area contributed by atoms with Gasteiger partial charge in [-0.1, -0.05) is 0 Å². The lowest BCUT2D eigenvalue weighted by Gasteiger charge is -2.57. The Labute approximate surface area is 135 Å². The molecule has 0 atom stereocenters. The molecule has 1 N–H and O–H groups in total. The highest BCUT2D eigenvalue weighted by Gasteiger charge is 2.50. The van der Waals surface area contributed by atoms with E-state index in [9.17, 15) is 13.2 Å². The predicted octanol–water partition coefficient (Wildman–Crippen LogP) is 5.72. The SMILES string of the molecule is FC(F)(F)c1ccc(NCCC23CC4CC(CC(C4)C2)C3)cc1. The van der Waals surface area contributed by atoms with Gasteiger partial charge in [-0.2, -0.15) is 13.2 Å². The van der Waals surface area contributed by atoms with E-state index in [0.717, 1.165) is 48.5 Å². The van der Waals surface area contributed by atoms with Crippen LogP contribution in [0.1, 0.15) is 50.5 Å². The number of rotatable bonds is 4. The van der Waals surface area contributed by atoms with Crippen LogP contribution in [0.15, 0.2) is 24.3 Å². The average Bonchev–Trinajstić information content (AvgIpc) is 2.45. The molecule has 0 radical (unpaired) electrons. The van der Waals surface area contributed by atoms with Gasteiger partial charge in [0.15, 0.2) is 0 Å². The molecule has 0 amide bonds. The van der Waals surface area contributed by atoms with Crippen molar-refractivity contribution in [3.63, 3.8) is 0 Å². The van der Waals surface area contributed by atoms with Gasteiger partial charge in [0.05, 0.1) is 5.56 Å². The normalized spacial score (nSPS) is 35.5. The lowest BCUT2D eigenvalue weighted by molar-refractivity contribution is -0.137. The largest absolute Gasteiger partial charge is 0.416 e. The van der Waals surface area contributed by atoms with Crippen molar-refractivity contribution in [2.75, 3.05) is 11.9 Å². The van der Waals surface area contributed by atoms with Crippen molar-refractivity contribution < 1.29 is 13.2 Å². The zero-order valence-corrected chi connectivity index (χ0v) is 13.3. The van der Waals surface area contributed by atoms with Gasteiger partial charge >= 0.3 is 6.18 Å². The van der Waals surface area contributed by atoms with E-state index < -0.39 is 11.7 Å². The van der Waals surface area contributed by atoms with Gasteiger partial charge in [0.2, 0.25) is 0 Å². The molecule has 23 heavy (non-hydrogen) atoms. The highest BCUT2D eigenvalue weighted by atomic mass is 19.4. The van der Waals surface area contributed by atoms with Crippen LogP contribution in [0, 0.1) is 23.2 Å². The fraction of sp³-hybridized carbons (Fsp3) is 0.684. The quantitative estimate of drug-likeness (QED) is 0.747. The lowest BCUT2D eigenvalue weighted by Crippen LogP contribution is -2.46. The maximum absolute atomic E-state index is 12.6. The number of hydrogen-bond donors (Lipinski definition) is 1. The van der Waals surface area contributed by atoms with Crippen LogP contribution in [0.3, 0.4) is 0 Å². The smallest absolute Gasteiger partial charge is 0.385 e. The molecular weight excluding hydrogens is 299 g/mol. The first-order valence-corrected chi connectivity index (χ1v) is 8.83. The second-order valence-corrected chi connectivity index (χ2v) is 8.17. The molecule has 4 saturated carbocycles. The van der Waals surface area contributed by atoms with Crippen LogP contribution in [-0.2, 0) is 6.18 Å². The lowest BCUT2D eigenvalue weighted by atomic mass is 9.49. The van der Waals surface area contributed by atoms with Gasteiger partial charge in [0, 0.05) is 12.2 Å². The summed E-state index contributed by atoms with van der Waals surface area (Å²) in [7, 11) is 0. The maximum Gasteiger partial charge on any atom is 0.416 e. The summed E-state index contributed by atoms with van der Waals surface area (Å²) in [4.78, 5) is 0. The van der Waals surface area contributed by atoms with Gasteiger partial charge < -0.3 is 5.32 Å². The van der Waals surface area contributed by atoms with E-state index in [1.165, 1.54) is 38.5 Å². The summed E-state index contributed by atoms with van der Waals surface area (Å²) in [5.74, 6) is 2.85. The fourth-order valence-corrected chi connectivity index (χ4v) is 5.85. The maximum atomic E-state index is 12.6. The third kappa shape index (κ3) is 3.09. The molecule has 0 spiro atoms. The van der Waals surface area contributed by atoms with Gasteiger partial charge in [0.25, 0.3) is 0 Å². The molecule has 0 aliphatic heterocycles. The Kier molecular flexibility index (Phi) is 3.62. The van der Waals surface area contributed by atoms with E-state index in [1.807, 2.05) is 0 Å². The zero-order valence-electron chi connectivity index (χ0n) is 13.3. The number of halogens is 3. The number of hydrogen-bond acceptors (Lipinski definition) is 1. The molecule has 1 aromatic carbocycles. The average molecular weight is 323 g/mol. The van der Waals surface area contributed by atoms with E-state index in [4.69, 9.17) is 0 Å². The topological polar surface area (TPSA) is 12.0 Å². The Bertz CT molecular complexity index is 526. The summed E-state index contributed by atoms with van der Waals surface area (Å²) in [5, 5.41) is 3.33. The van der Waals surface area contributed by atoms with Crippen LogP contribution in [0.25, 0.3) is 0 Å². The molecule has 0 heterocycles. The van der Waals surface area contributed by atoms with E-state index in [-0.39, 0.29) is 0 Å². The Morgan fingerprint density at radius 3 is 1.91 bits per heavy atom. The van der Waals surface area contributed by atoms with E-state index in [1.54, 1.807) is 12.1 Å². The third-order valence-electron chi connectivity index (χ3n) is 6.36. The molecule has 4 heteroatoms. The van der Waals surface area contributed by atoms with Crippen LogP contribution < -0.4 is 5.32 Å². The number of benzene rings is 1. The third-order valence-corrected chi connectivity index (χ3v) is 6.36. The van der Waals surface area contributed by atoms with Crippen LogP contribution >= 0.6 is 0 Å². The summed E-state index contributed by atoms with van der Waals surface area (Å²) < 4.78 is 37.7. The van der Waals surface area contributed by atoms with Crippen molar-refractivity contribution in [2.45, 2.75) is 51.1 Å². The van der Waals surface area contributed by atoms with Gasteiger partial charge in [-0.15, -0.1) is 0 Å². The second-order valence-electron chi connectivity index (χ2n) is 8.17. The molecule has 4 fully saturated rings. The van der Waals surface area contributed by atoms with Crippen LogP contribution in [0.2, 0.25) is 0 Å². The van der Waals surface area contributed by atoms with Crippen molar-refractivity contribution in [3.8, 4) is 0 Å². The van der Waals surface area contributed by atoms with Crippen LogP contribution in [0.4, 0.5) is 18.9 Å². The monoisotopic (exact) mass is 323 g/mol. The standard InChI is InChI=1S/C19H24F3N/c20-19(21,22)16-1-3-17(4-2-16)23-6-5-18-10-13-7-14(11-18)9-15(8-13)12-18/h1-4,13-15,23H,5-12H2. The first-order valence-electron chi connectivity index (χ1n) is 8.83. The second kappa shape index (κ2) is 5.42. The van der Waals surface area contributed by atoms with E-state index >= 15 is 0 Å². The molecule has 0 aromatic heterocycles. The minimum atomic E-state index is -4.25. The summed E-state index contributed by atoms with van der Waals surface area (Å²) in [6.07, 6.45) is 5.41. The van der Waals surface area contributed by atoms with Crippen molar-refractivity contribution >= 4 is 5.69 Å².